The number of piperidine rings is 1. The van der Waals surface area contributed by atoms with Crippen LogP contribution < -0.4 is 9.80 Å². The molecule has 1 aromatic heterocycles. The molecule has 0 atom stereocenters. The Hall–Kier alpha value is -3.74. The SMILES string of the molecule is N#Cc1cc(C(F)(F)F)ccc1N1CCC(N(c2ccc(C(F)(F)F)cc2)c2cccnc2)CC1. The third kappa shape index (κ3) is 5.34. The van der Waals surface area contributed by atoms with Crippen LogP contribution in [0.3, 0.4) is 0 Å². The number of hydrogen-bond acceptors (Lipinski definition) is 4. The van der Waals surface area contributed by atoms with Gasteiger partial charge in [0.15, 0.2) is 0 Å². The molecule has 2 aromatic carbocycles. The van der Waals surface area contributed by atoms with Gasteiger partial charge < -0.3 is 9.80 Å². The Bertz CT molecular complexity index is 1190. The number of aromatic nitrogens is 1. The summed E-state index contributed by atoms with van der Waals surface area (Å²) in [5.41, 5.74) is 0.0625. The molecule has 3 aromatic rings. The van der Waals surface area contributed by atoms with E-state index in [0.29, 0.717) is 37.3 Å². The lowest BCUT2D eigenvalue weighted by Crippen LogP contribution is -2.43. The number of benzene rings is 2. The minimum absolute atomic E-state index is 0.0508. The molecule has 0 amide bonds. The number of hydrogen-bond donors (Lipinski definition) is 0. The second-order valence-electron chi connectivity index (χ2n) is 8.19. The van der Waals surface area contributed by atoms with Gasteiger partial charge in [0.1, 0.15) is 6.07 Å². The van der Waals surface area contributed by atoms with E-state index in [1.807, 2.05) is 21.9 Å². The van der Waals surface area contributed by atoms with E-state index in [2.05, 4.69) is 4.98 Å². The summed E-state index contributed by atoms with van der Waals surface area (Å²) in [6.45, 7) is 0.921. The van der Waals surface area contributed by atoms with Crippen LogP contribution in [-0.4, -0.2) is 24.1 Å². The van der Waals surface area contributed by atoms with Crippen molar-refractivity contribution in [3.8, 4) is 6.07 Å². The summed E-state index contributed by atoms with van der Waals surface area (Å²) in [5, 5.41) is 9.42. The maximum absolute atomic E-state index is 13.0. The second-order valence-corrected chi connectivity index (χ2v) is 8.19. The zero-order valence-corrected chi connectivity index (χ0v) is 18.3. The van der Waals surface area contributed by atoms with Crippen molar-refractivity contribution in [3.63, 3.8) is 0 Å². The van der Waals surface area contributed by atoms with Gasteiger partial charge in [0.25, 0.3) is 0 Å². The van der Waals surface area contributed by atoms with Crippen LogP contribution in [0.15, 0.2) is 67.0 Å². The monoisotopic (exact) mass is 490 g/mol. The van der Waals surface area contributed by atoms with Crippen LogP contribution in [0.25, 0.3) is 0 Å². The van der Waals surface area contributed by atoms with Crippen LogP contribution in [-0.2, 0) is 12.4 Å². The molecule has 1 aliphatic rings. The Morgan fingerprint density at radius 3 is 2.03 bits per heavy atom. The van der Waals surface area contributed by atoms with Crippen molar-refractivity contribution >= 4 is 17.1 Å². The molecular formula is C25H20F6N4. The van der Waals surface area contributed by atoms with Crippen LogP contribution in [0.4, 0.5) is 43.4 Å². The van der Waals surface area contributed by atoms with Crippen molar-refractivity contribution in [2.75, 3.05) is 22.9 Å². The third-order valence-corrected chi connectivity index (χ3v) is 6.01. The Kier molecular flexibility index (Phi) is 6.61. The van der Waals surface area contributed by atoms with Crippen LogP contribution in [0, 0.1) is 11.3 Å². The molecule has 0 N–H and O–H groups in total. The highest BCUT2D eigenvalue weighted by Gasteiger charge is 2.33. The van der Waals surface area contributed by atoms with Gasteiger partial charge in [0.2, 0.25) is 0 Å². The van der Waals surface area contributed by atoms with Crippen molar-refractivity contribution in [2.24, 2.45) is 0 Å². The Labute approximate surface area is 198 Å². The highest BCUT2D eigenvalue weighted by Crippen LogP contribution is 2.37. The minimum atomic E-state index is -4.54. The normalized spacial score (nSPS) is 15.1. The van der Waals surface area contributed by atoms with Crippen molar-refractivity contribution in [2.45, 2.75) is 31.2 Å². The van der Waals surface area contributed by atoms with E-state index in [-0.39, 0.29) is 11.6 Å². The van der Waals surface area contributed by atoms with Gasteiger partial charge in [-0.15, -0.1) is 0 Å². The largest absolute Gasteiger partial charge is 0.416 e. The summed E-state index contributed by atoms with van der Waals surface area (Å²) in [6.07, 6.45) is -4.60. The molecule has 35 heavy (non-hydrogen) atoms. The highest BCUT2D eigenvalue weighted by atomic mass is 19.4. The highest BCUT2D eigenvalue weighted by molar-refractivity contribution is 5.65. The van der Waals surface area contributed by atoms with E-state index in [0.717, 1.165) is 30.0 Å². The Morgan fingerprint density at radius 1 is 0.857 bits per heavy atom. The molecule has 0 bridgehead atoms. The molecule has 2 heterocycles. The fourth-order valence-electron chi connectivity index (χ4n) is 4.32. The molecule has 4 nitrogen and oxygen atoms in total. The van der Waals surface area contributed by atoms with Gasteiger partial charge in [-0.1, -0.05) is 0 Å². The first-order valence-corrected chi connectivity index (χ1v) is 10.8. The van der Waals surface area contributed by atoms with Crippen LogP contribution in [0.2, 0.25) is 0 Å². The van der Waals surface area contributed by atoms with E-state index in [1.165, 1.54) is 18.2 Å². The first kappa shape index (κ1) is 24.4. The first-order valence-electron chi connectivity index (χ1n) is 10.8. The van der Waals surface area contributed by atoms with Gasteiger partial charge in [-0.05, 0) is 67.4 Å². The summed E-state index contributed by atoms with van der Waals surface area (Å²) in [7, 11) is 0. The summed E-state index contributed by atoms with van der Waals surface area (Å²) in [6, 6.07) is 13.4. The molecule has 10 heteroatoms. The average molecular weight is 490 g/mol. The average Bonchev–Trinajstić information content (AvgIpc) is 2.84. The molecule has 0 radical (unpaired) electrons. The Morgan fingerprint density at radius 2 is 1.49 bits per heavy atom. The molecule has 1 fully saturated rings. The minimum Gasteiger partial charge on any atom is -0.370 e. The zero-order valence-electron chi connectivity index (χ0n) is 18.3. The molecule has 0 aliphatic carbocycles. The third-order valence-electron chi connectivity index (χ3n) is 6.01. The van der Waals surface area contributed by atoms with E-state index >= 15 is 0 Å². The van der Waals surface area contributed by atoms with Gasteiger partial charge in [0, 0.05) is 31.0 Å². The quantitative estimate of drug-likeness (QED) is 0.378. The molecule has 182 valence electrons. The molecule has 1 saturated heterocycles. The summed E-state index contributed by atoms with van der Waals surface area (Å²) in [5.74, 6) is 0. The summed E-state index contributed by atoms with van der Waals surface area (Å²) >= 11 is 0. The maximum atomic E-state index is 13.0. The Balaban J connectivity index is 1.57. The van der Waals surface area contributed by atoms with Gasteiger partial charge in [-0.2, -0.15) is 31.6 Å². The number of rotatable bonds is 4. The molecule has 4 rings (SSSR count). The lowest BCUT2D eigenvalue weighted by molar-refractivity contribution is -0.138. The smallest absolute Gasteiger partial charge is 0.370 e. The molecule has 0 saturated carbocycles. The molecule has 0 spiro atoms. The predicted octanol–water partition coefficient (Wildman–Crippen LogP) is 6.80. The number of nitrogens with zero attached hydrogens (tertiary/aromatic N) is 4. The van der Waals surface area contributed by atoms with Crippen LogP contribution in [0.5, 0.6) is 0 Å². The fourth-order valence-corrected chi connectivity index (χ4v) is 4.32. The lowest BCUT2D eigenvalue weighted by Gasteiger charge is -2.40. The number of halogens is 6. The van der Waals surface area contributed by atoms with E-state index in [4.69, 9.17) is 0 Å². The van der Waals surface area contributed by atoms with Crippen molar-refractivity contribution in [3.05, 3.63) is 83.7 Å². The van der Waals surface area contributed by atoms with Crippen LogP contribution >= 0.6 is 0 Å². The van der Waals surface area contributed by atoms with E-state index in [1.54, 1.807) is 18.5 Å². The fraction of sp³-hybridized carbons (Fsp3) is 0.280. The zero-order chi connectivity index (χ0) is 25.2. The predicted molar refractivity (Wildman–Crippen MR) is 119 cm³/mol. The summed E-state index contributed by atoms with van der Waals surface area (Å²) < 4.78 is 78.2. The van der Waals surface area contributed by atoms with Gasteiger partial charge >= 0.3 is 12.4 Å². The van der Waals surface area contributed by atoms with Gasteiger partial charge in [-0.3, -0.25) is 4.98 Å². The molecular weight excluding hydrogens is 470 g/mol. The van der Waals surface area contributed by atoms with Crippen molar-refractivity contribution < 1.29 is 26.3 Å². The standard InChI is InChI=1S/C25H20F6N4/c26-24(27,28)18-3-6-20(7-4-18)35(22-2-1-11-33-16-22)21-9-12-34(13-10-21)23-8-5-19(25(29,30)31)14-17(23)15-32/h1-8,11,14,16,21H,9-10,12-13H2. The number of anilines is 3. The molecule has 1 aliphatic heterocycles. The van der Waals surface area contributed by atoms with E-state index < -0.39 is 23.5 Å². The molecule has 0 unspecified atom stereocenters. The lowest BCUT2D eigenvalue weighted by atomic mass is 9.99. The van der Waals surface area contributed by atoms with Crippen LogP contribution in [0.1, 0.15) is 29.5 Å². The topological polar surface area (TPSA) is 43.2 Å². The number of alkyl halides is 6. The number of nitriles is 1. The second kappa shape index (κ2) is 9.49. The summed E-state index contributed by atoms with van der Waals surface area (Å²) in [4.78, 5) is 7.93. The van der Waals surface area contributed by atoms with Gasteiger partial charge in [-0.25, -0.2) is 0 Å². The van der Waals surface area contributed by atoms with Gasteiger partial charge in [0.05, 0.1) is 34.3 Å². The van der Waals surface area contributed by atoms with Crippen molar-refractivity contribution in [1.82, 2.24) is 4.98 Å². The first-order chi connectivity index (χ1) is 16.6. The maximum Gasteiger partial charge on any atom is 0.416 e. The van der Waals surface area contributed by atoms with Crippen molar-refractivity contribution in [1.29, 1.82) is 5.26 Å². The number of pyridine rings is 1. The van der Waals surface area contributed by atoms with E-state index in [9.17, 15) is 31.6 Å².